The molecule has 1 unspecified atom stereocenters. The second-order valence-electron chi connectivity index (χ2n) is 4.13. The summed E-state index contributed by atoms with van der Waals surface area (Å²) in [6.45, 7) is 2.84. The van der Waals surface area contributed by atoms with Crippen molar-refractivity contribution in [3.05, 3.63) is 59.1 Å². The van der Waals surface area contributed by atoms with Gasteiger partial charge in [0, 0.05) is 6.54 Å². The molecule has 98 valence electrons. The van der Waals surface area contributed by atoms with E-state index in [1.54, 1.807) is 6.08 Å². The fourth-order valence-corrected chi connectivity index (χ4v) is 1.98. The number of rotatable bonds is 4. The standard InChI is InChI=1S/C15H16N2O2/c1-2-19-13-6-7-14(11(8-13)10-18)15-5-3-4-12(9-16)17-15/h3-8,14H,2,9,16H2,1H3. The van der Waals surface area contributed by atoms with Crippen LogP contribution in [-0.2, 0) is 16.1 Å². The molecule has 0 spiro atoms. The van der Waals surface area contributed by atoms with Crippen molar-refractivity contribution in [2.45, 2.75) is 19.4 Å². The SMILES string of the molecule is CCOC1=CC(=C=O)C(c2cccc(CN)n2)C=C1. The van der Waals surface area contributed by atoms with Crippen LogP contribution in [0.1, 0.15) is 24.2 Å². The maximum Gasteiger partial charge on any atom is 0.129 e. The Morgan fingerprint density at radius 2 is 2.32 bits per heavy atom. The van der Waals surface area contributed by atoms with Crippen molar-refractivity contribution in [1.82, 2.24) is 4.98 Å². The van der Waals surface area contributed by atoms with Crippen LogP contribution >= 0.6 is 0 Å². The molecule has 0 amide bonds. The van der Waals surface area contributed by atoms with Crippen molar-refractivity contribution in [1.29, 1.82) is 0 Å². The van der Waals surface area contributed by atoms with E-state index < -0.39 is 0 Å². The van der Waals surface area contributed by atoms with Crippen molar-refractivity contribution in [3.63, 3.8) is 0 Å². The number of hydrogen-bond acceptors (Lipinski definition) is 4. The number of hydrogen-bond donors (Lipinski definition) is 1. The molecule has 1 atom stereocenters. The fourth-order valence-electron chi connectivity index (χ4n) is 1.98. The highest BCUT2D eigenvalue weighted by Crippen LogP contribution is 2.29. The van der Waals surface area contributed by atoms with E-state index in [1.807, 2.05) is 43.2 Å². The summed E-state index contributed by atoms with van der Waals surface area (Å²) in [5.41, 5.74) is 7.70. The van der Waals surface area contributed by atoms with Crippen LogP contribution in [0.3, 0.4) is 0 Å². The Labute approximate surface area is 112 Å². The number of carbonyl (C=O) groups excluding carboxylic acids is 1. The third-order valence-electron chi connectivity index (χ3n) is 2.87. The molecule has 2 N–H and O–H groups in total. The van der Waals surface area contributed by atoms with Gasteiger partial charge in [-0.2, -0.15) is 0 Å². The summed E-state index contributed by atoms with van der Waals surface area (Å²) >= 11 is 0. The lowest BCUT2D eigenvalue weighted by Crippen LogP contribution is -2.09. The summed E-state index contributed by atoms with van der Waals surface area (Å²) in [5, 5.41) is 0. The fraction of sp³-hybridized carbons (Fsp3) is 0.267. The Balaban J connectivity index is 2.31. The molecule has 1 aromatic rings. The molecule has 0 bridgehead atoms. The lowest BCUT2D eigenvalue weighted by molar-refractivity contribution is 0.241. The average molecular weight is 256 g/mol. The number of allylic oxidation sites excluding steroid dienone is 4. The summed E-state index contributed by atoms with van der Waals surface area (Å²) in [4.78, 5) is 15.5. The van der Waals surface area contributed by atoms with E-state index in [1.165, 1.54) is 0 Å². The van der Waals surface area contributed by atoms with E-state index in [2.05, 4.69) is 4.98 Å². The van der Waals surface area contributed by atoms with Gasteiger partial charge in [-0.15, -0.1) is 0 Å². The molecule has 0 aliphatic heterocycles. The highest BCUT2D eigenvalue weighted by atomic mass is 16.5. The molecule has 0 fully saturated rings. The highest BCUT2D eigenvalue weighted by molar-refractivity contribution is 5.64. The molecule has 1 aromatic heterocycles. The van der Waals surface area contributed by atoms with Gasteiger partial charge in [0.1, 0.15) is 11.7 Å². The Hall–Kier alpha value is -2.16. The van der Waals surface area contributed by atoms with Crippen LogP contribution in [0.25, 0.3) is 0 Å². The van der Waals surface area contributed by atoms with E-state index in [0.717, 1.165) is 11.4 Å². The molecule has 1 heterocycles. The molecular weight excluding hydrogens is 240 g/mol. The van der Waals surface area contributed by atoms with E-state index in [0.29, 0.717) is 24.5 Å². The Morgan fingerprint density at radius 1 is 1.47 bits per heavy atom. The molecule has 0 radical (unpaired) electrons. The maximum atomic E-state index is 11.1. The number of aromatic nitrogens is 1. The van der Waals surface area contributed by atoms with Crippen LogP contribution in [0.5, 0.6) is 0 Å². The van der Waals surface area contributed by atoms with E-state index in [-0.39, 0.29) is 5.92 Å². The average Bonchev–Trinajstić information content (AvgIpc) is 2.47. The largest absolute Gasteiger partial charge is 0.494 e. The summed E-state index contributed by atoms with van der Waals surface area (Å²) < 4.78 is 5.38. The lowest BCUT2D eigenvalue weighted by Gasteiger charge is -2.17. The van der Waals surface area contributed by atoms with Crippen molar-refractivity contribution in [2.24, 2.45) is 5.73 Å². The molecule has 1 aliphatic carbocycles. The van der Waals surface area contributed by atoms with Gasteiger partial charge in [-0.3, -0.25) is 4.98 Å². The topological polar surface area (TPSA) is 65.2 Å². The zero-order chi connectivity index (χ0) is 13.7. The lowest BCUT2D eigenvalue weighted by atomic mass is 9.91. The van der Waals surface area contributed by atoms with Gasteiger partial charge in [0.25, 0.3) is 0 Å². The quantitative estimate of drug-likeness (QED) is 0.835. The summed E-state index contributed by atoms with van der Waals surface area (Å²) in [7, 11) is 0. The van der Waals surface area contributed by atoms with Crippen LogP contribution in [0.2, 0.25) is 0 Å². The van der Waals surface area contributed by atoms with E-state index >= 15 is 0 Å². The second-order valence-corrected chi connectivity index (χ2v) is 4.13. The Kier molecular flexibility index (Phi) is 4.29. The van der Waals surface area contributed by atoms with Crippen LogP contribution in [-0.4, -0.2) is 17.5 Å². The van der Waals surface area contributed by atoms with Gasteiger partial charge in [-0.25, -0.2) is 4.79 Å². The highest BCUT2D eigenvalue weighted by Gasteiger charge is 2.19. The van der Waals surface area contributed by atoms with Gasteiger partial charge in [-0.1, -0.05) is 12.1 Å². The minimum atomic E-state index is -0.187. The minimum absolute atomic E-state index is 0.187. The molecule has 0 aromatic carbocycles. The first-order valence-corrected chi connectivity index (χ1v) is 6.22. The first kappa shape index (κ1) is 13.3. The predicted octanol–water partition coefficient (Wildman–Crippen LogP) is 1.87. The molecule has 2 rings (SSSR count). The predicted molar refractivity (Wildman–Crippen MR) is 72.9 cm³/mol. The number of pyridine rings is 1. The van der Waals surface area contributed by atoms with Crippen LogP contribution < -0.4 is 5.73 Å². The normalized spacial score (nSPS) is 17.9. The molecule has 4 heteroatoms. The van der Waals surface area contributed by atoms with E-state index in [4.69, 9.17) is 10.5 Å². The maximum absolute atomic E-state index is 11.1. The number of nitrogens with zero attached hydrogens (tertiary/aromatic N) is 1. The van der Waals surface area contributed by atoms with Crippen molar-refractivity contribution < 1.29 is 9.53 Å². The Bertz CT molecular complexity index is 569. The monoisotopic (exact) mass is 256 g/mol. The smallest absolute Gasteiger partial charge is 0.129 e. The number of nitrogens with two attached hydrogens (primary N) is 1. The van der Waals surface area contributed by atoms with Gasteiger partial charge >= 0.3 is 0 Å². The van der Waals surface area contributed by atoms with Gasteiger partial charge in [0.05, 0.1) is 29.5 Å². The van der Waals surface area contributed by atoms with Crippen molar-refractivity contribution in [3.8, 4) is 0 Å². The van der Waals surface area contributed by atoms with E-state index in [9.17, 15) is 4.79 Å². The summed E-state index contributed by atoms with van der Waals surface area (Å²) in [6.07, 6.45) is 5.46. The summed E-state index contributed by atoms with van der Waals surface area (Å²) in [5.74, 6) is 2.45. The molecular formula is C15H16N2O2. The molecule has 4 nitrogen and oxygen atoms in total. The first-order valence-electron chi connectivity index (χ1n) is 6.22. The molecule has 0 saturated carbocycles. The van der Waals surface area contributed by atoms with Gasteiger partial charge in [-0.05, 0) is 31.2 Å². The van der Waals surface area contributed by atoms with Gasteiger partial charge in [0.2, 0.25) is 0 Å². The molecule has 19 heavy (non-hydrogen) atoms. The third kappa shape index (κ3) is 2.99. The zero-order valence-corrected chi connectivity index (χ0v) is 10.8. The zero-order valence-electron chi connectivity index (χ0n) is 10.8. The van der Waals surface area contributed by atoms with Crippen LogP contribution in [0.4, 0.5) is 0 Å². The second kappa shape index (κ2) is 6.14. The third-order valence-corrected chi connectivity index (χ3v) is 2.87. The van der Waals surface area contributed by atoms with Gasteiger partial charge in [0.15, 0.2) is 0 Å². The van der Waals surface area contributed by atoms with Crippen LogP contribution in [0, 0.1) is 0 Å². The number of ether oxygens (including phenoxy) is 1. The minimum Gasteiger partial charge on any atom is -0.494 e. The first-order chi connectivity index (χ1) is 9.28. The van der Waals surface area contributed by atoms with Crippen LogP contribution in [0.15, 0.2) is 47.8 Å². The van der Waals surface area contributed by atoms with Crippen molar-refractivity contribution >= 4 is 5.94 Å². The van der Waals surface area contributed by atoms with Gasteiger partial charge < -0.3 is 10.5 Å². The molecule has 0 saturated heterocycles. The van der Waals surface area contributed by atoms with Crippen molar-refractivity contribution in [2.75, 3.05) is 6.61 Å². The Morgan fingerprint density at radius 3 is 3.00 bits per heavy atom. The molecule has 1 aliphatic rings. The summed E-state index contributed by atoms with van der Waals surface area (Å²) in [6, 6.07) is 5.63.